The first-order chi connectivity index (χ1) is 9.02. The Kier molecular flexibility index (Phi) is 4.04. The number of thioether (sulfide) groups is 1. The topological polar surface area (TPSA) is 55.9 Å². The number of benzene rings is 1. The van der Waals surface area contributed by atoms with E-state index >= 15 is 0 Å². The summed E-state index contributed by atoms with van der Waals surface area (Å²) >= 11 is 1.73. The van der Waals surface area contributed by atoms with Gasteiger partial charge in [0.15, 0.2) is 5.82 Å². The Morgan fingerprint density at radius 2 is 1.89 bits per heavy atom. The molecule has 0 bridgehead atoms. The normalized spacial score (nSPS) is 11.0. The number of aryl methyl sites for hydroxylation is 1. The average molecular weight is 276 g/mol. The van der Waals surface area contributed by atoms with Crippen LogP contribution in [0.5, 0.6) is 0 Å². The van der Waals surface area contributed by atoms with Crippen LogP contribution in [0.15, 0.2) is 29.2 Å². The molecule has 3 N–H and O–H groups in total. The van der Waals surface area contributed by atoms with Crippen LogP contribution in [0.25, 0.3) is 0 Å². The van der Waals surface area contributed by atoms with Gasteiger partial charge in [0.05, 0.1) is 11.4 Å². The molecule has 0 saturated carbocycles. The molecule has 102 valence electrons. The maximum absolute atomic E-state index is 6.10. The number of nitrogens with two attached hydrogens (primary N) is 1. The fourth-order valence-corrected chi connectivity index (χ4v) is 2.28. The molecule has 0 fully saturated rings. The van der Waals surface area contributed by atoms with Crippen LogP contribution in [0.3, 0.4) is 0 Å². The van der Waals surface area contributed by atoms with Crippen molar-refractivity contribution in [3.05, 3.63) is 30.0 Å². The summed E-state index contributed by atoms with van der Waals surface area (Å²) in [4.78, 5) is 1.24. The number of nitrogen functional groups attached to an aromatic ring is 1. The highest BCUT2D eigenvalue weighted by molar-refractivity contribution is 7.98. The number of nitrogens with one attached hydrogen (secondary N) is 1. The molecule has 1 aromatic heterocycles. The van der Waals surface area contributed by atoms with Crippen molar-refractivity contribution in [3.63, 3.8) is 0 Å². The molecule has 1 aromatic carbocycles. The Bertz CT molecular complexity index is 558. The van der Waals surface area contributed by atoms with Crippen LogP contribution >= 0.6 is 11.8 Å². The van der Waals surface area contributed by atoms with E-state index in [-0.39, 0.29) is 6.04 Å². The molecule has 1 heterocycles. The summed E-state index contributed by atoms with van der Waals surface area (Å²) < 4.78 is 1.92. The Balaban J connectivity index is 2.31. The lowest BCUT2D eigenvalue weighted by Gasteiger charge is -2.13. The molecule has 0 atom stereocenters. The zero-order valence-corrected chi connectivity index (χ0v) is 12.6. The Hall–Kier alpha value is -1.62. The van der Waals surface area contributed by atoms with Crippen LogP contribution in [0.4, 0.5) is 17.2 Å². The van der Waals surface area contributed by atoms with E-state index in [9.17, 15) is 0 Å². The zero-order valence-electron chi connectivity index (χ0n) is 11.8. The number of hydrogen-bond acceptors (Lipinski definition) is 4. The molecule has 19 heavy (non-hydrogen) atoms. The molecule has 0 radical (unpaired) electrons. The minimum absolute atomic E-state index is 0.268. The van der Waals surface area contributed by atoms with Crippen LogP contribution in [-0.2, 0) is 0 Å². The van der Waals surface area contributed by atoms with Crippen molar-refractivity contribution in [2.45, 2.75) is 31.7 Å². The SMILES string of the molecule is CSc1ccc(Nc2c(N)c(C)nn2C(C)C)cc1. The van der Waals surface area contributed by atoms with E-state index in [1.165, 1.54) is 4.90 Å². The second-order valence-corrected chi connectivity index (χ2v) is 5.62. The van der Waals surface area contributed by atoms with Crippen LogP contribution in [0.1, 0.15) is 25.6 Å². The monoisotopic (exact) mass is 276 g/mol. The van der Waals surface area contributed by atoms with Crippen molar-refractivity contribution >= 4 is 29.0 Å². The van der Waals surface area contributed by atoms with Crippen molar-refractivity contribution < 1.29 is 0 Å². The molecule has 0 amide bonds. The van der Waals surface area contributed by atoms with Gasteiger partial charge in [0.1, 0.15) is 0 Å². The van der Waals surface area contributed by atoms with Crippen LogP contribution in [-0.4, -0.2) is 16.0 Å². The van der Waals surface area contributed by atoms with Crippen LogP contribution in [0, 0.1) is 6.92 Å². The van der Waals surface area contributed by atoms with Crippen molar-refractivity contribution in [3.8, 4) is 0 Å². The summed E-state index contributed by atoms with van der Waals surface area (Å²) in [5, 5.41) is 7.83. The minimum atomic E-state index is 0.268. The summed E-state index contributed by atoms with van der Waals surface area (Å²) in [5.41, 5.74) is 8.68. The van der Waals surface area contributed by atoms with Gasteiger partial charge in [-0.2, -0.15) is 5.10 Å². The van der Waals surface area contributed by atoms with E-state index in [1.807, 2.05) is 11.6 Å². The van der Waals surface area contributed by atoms with Crippen LogP contribution < -0.4 is 11.1 Å². The number of anilines is 3. The lowest BCUT2D eigenvalue weighted by atomic mass is 10.3. The van der Waals surface area contributed by atoms with Gasteiger partial charge in [0.25, 0.3) is 0 Å². The Morgan fingerprint density at radius 3 is 2.42 bits per heavy atom. The van der Waals surface area contributed by atoms with Crippen molar-refractivity contribution in [1.29, 1.82) is 0 Å². The van der Waals surface area contributed by atoms with Gasteiger partial charge in [-0.15, -0.1) is 11.8 Å². The fraction of sp³-hybridized carbons (Fsp3) is 0.357. The summed E-state index contributed by atoms with van der Waals surface area (Å²) in [6, 6.07) is 8.55. The summed E-state index contributed by atoms with van der Waals surface area (Å²) in [6.07, 6.45) is 2.07. The van der Waals surface area contributed by atoms with Gasteiger partial charge in [0.2, 0.25) is 0 Å². The largest absolute Gasteiger partial charge is 0.394 e. The maximum Gasteiger partial charge on any atom is 0.152 e. The first-order valence-corrected chi connectivity index (χ1v) is 7.51. The predicted octanol–water partition coefficient (Wildman–Crippen LogP) is 3.82. The molecule has 0 saturated heterocycles. The highest BCUT2D eigenvalue weighted by Crippen LogP contribution is 2.29. The summed E-state index contributed by atoms with van der Waals surface area (Å²) in [5.74, 6) is 0.865. The van der Waals surface area contributed by atoms with Gasteiger partial charge in [-0.1, -0.05) is 0 Å². The van der Waals surface area contributed by atoms with Gasteiger partial charge in [-0.25, -0.2) is 4.68 Å². The van der Waals surface area contributed by atoms with E-state index < -0.39 is 0 Å². The minimum Gasteiger partial charge on any atom is -0.394 e. The molecule has 4 nitrogen and oxygen atoms in total. The Labute approximate surface area is 118 Å². The standard InChI is InChI=1S/C14H20N4S/c1-9(2)18-14(13(15)10(3)17-18)16-11-5-7-12(19-4)8-6-11/h5-9,16H,15H2,1-4H3. The lowest BCUT2D eigenvalue weighted by molar-refractivity contribution is 0.536. The Morgan fingerprint density at radius 1 is 1.26 bits per heavy atom. The number of aromatic nitrogens is 2. The fourth-order valence-electron chi connectivity index (χ4n) is 1.87. The van der Waals surface area contributed by atoms with E-state index in [2.05, 4.69) is 54.8 Å². The third kappa shape index (κ3) is 2.87. The molecule has 2 rings (SSSR count). The molecular weight excluding hydrogens is 256 g/mol. The molecule has 0 aliphatic rings. The third-order valence-electron chi connectivity index (χ3n) is 2.97. The second kappa shape index (κ2) is 5.57. The summed E-state index contributed by atoms with van der Waals surface area (Å²) in [7, 11) is 0. The van der Waals surface area contributed by atoms with Gasteiger partial charge >= 0.3 is 0 Å². The van der Waals surface area contributed by atoms with Crippen molar-refractivity contribution in [2.75, 3.05) is 17.3 Å². The van der Waals surface area contributed by atoms with Gasteiger partial charge in [-0.3, -0.25) is 0 Å². The third-order valence-corrected chi connectivity index (χ3v) is 3.72. The van der Waals surface area contributed by atoms with Gasteiger partial charge < -0.3 is 11.1 Å². The predicted molar refractivity (Wildman–Crippen MR) is 83.3 cm³/mol. The van der Waals surface area contributed by atoms with E-state index in [0.29, 0.717) is 5.69 Å². The van der Waals surface area contributed by atoms with Crippen molar-refractivity contribution in [2.24, 2.45) is 0 Å². The number of hydrogen-bond donors (Lipinski definition) is 2. The molecule has 2 aromatic rings. The van der Waals surface area contributed by atoms with Gasteiger partial charge in [0, 0.05) is 16.6 Å². The highest BCUT2D eigenvalue weighted by atomic mass is 32.2. The highest BCUT2D eigenvalue weighted by Gasteiger charge is 2.14. The van der Waals surface area contributed by atoms with E-state index in [1.54, 1.807) is 11.8 Å². The molecule has 5 heteroatoms. The van der Waals surface area contributed by atoms with Crippen molar-refractivity contribution in [1.82, 2.24) is 9.78 Å². The smallest absolute Gasteiger partial charge is 0.152 e. The first kappa shape index (κ1) is 13.8. The molecule has 0 spiro atoms. The second-order valence-electron chi connectivity index (χ2n) is 4.74. The van der Waals surface area contributed by atoms with Crippen LogP contribution in [0.2, 0.25) is 0 Å². The molecular formula is C14H20N4S. The number of nitrogens with zero attached hydrogens (tertiary/aromatic N) is 2. The average Bonchev–Trinajstić information content (AvgIpc) is 2.68. The molecule has 0 aliphatic heterocycles. The molecule has 0 unspecified atom stereocenters. The number of rotatable bonds is 4. The first-order valence-electron chi connectivity index (χ1n) is 6.28. The van der Waals surface area contributed by atoms with Gasteiger partial charge in [-0.05, 0) is 51.3 Å². The lowest BCUT2D eigenvalue weighted by Crippen LogP contribution is -2.08. The zero-order chi connectivity index (χ0) is 14.0. The molecule has 0 aliphatic carbocycles. The van der Waals surface area contributed by atoms with E-state index in [4.69, 9.17) is 5.73 Å². The maximum atomic E-state index is 6.10. The quantitative estimate of drug-likeness (QED) is 0.834. The van der Waals surface area contributed by atoms with E-state index in [0.717, 1.165) is 17.2 Å². The summed E-state index contributed by atoms with van der Waals surface area (Å²) in [6.45, 7) is 6.11.